The smallest absolute Gasteiger partial charge is 0.282 e. The summed E-state index contributed by atoms with van der Waals surface area (Å²) in [6.07, 6.45) is 1.41. The summed E-state index contributed by atoms with van der Waals surface area (Å²) in [4.78, 5) is 22.3. The Kier molecular flexibility index (Phi) is 3.88. The summed E-state index contributed by atoms with van der Waals surface area (Å²) in [6.45, 7) is 0.171. The Hall–Kier alpha value is -3.42. The van der Waals surface area contributed by atoms with E-state index in [0.717, 1.165) is 0 Å². The SMILES string of the molecule is O=C(N/N=C/c1ccc2c(c1)OCO2)c1ccccc1[N+](=O)[O-]. The first-order chi connectivity index (χ1) is 11.1. The van der Waals surface area contributed by atoms with Crippen molar-refractivity contribution in [1.29, 1.82) is 0 Å². The van der Waals surface area contributed by atoms with E-state index < -0.39 is 10.8 Å². The Morgan fingerprint density at radius 3 is 2.83 bits per heavy atom. The number of nitro benzene ring substituents is 1. The van der Waals surface area contributed by atoms with E-state index in [0.29, 0.717) is 17.1 Å². The standard InChI is InChI=1S/C15H11N3O5/c19-15(11-3-1-2-4-12(11)18(20)21)17-16-8-10-5-6-13-14(7-10)23-9-22-13/h1-8H,9H2,(H,17,19)/b16-8+. The third kappa shape index (κ3) is 3.10. The molecule has 0 radical (unpaired) electrons. The monoisotopic (exact) mass is 313 g/mol. The number of hydrogen-bond donors (Lipinski definition) is 1. The number of hydrazone groups is 1. The van der Waals surface area contributed by atoms with E-state index in [1.165, 1.54) is 24.4 Å². The molecule has 1 aliphatic heterocycles. The van der Waals surface area contributed by atoms with Gasteiger partial charge in [-0.25, -0.2) is 5.43 Å². The zero-order valence-electron chi connectivity index (χ0n) is 11.8. The van der Waals surface area contributed by atoms with Crippen LogP contribution in [0, 0.1) is 10.1 Å². The number of carbonyl (C=O) groups excluding carboxylic acids is 1. The van der Waals surface area contributed by atoms with Gasteiger partial charge in [-0.3, -0.25) is 14.9 Å². The number of nitro groups is 1. The van der Waals surface area contributed by atoms with Crippen molar-refractivity contribution in [2.24, 2.45) is 5.10 Å². The van der Waals surface area contributed by atoms with Gasteiger partial charge in [-0.1, -0.05) is 12.1 Å². The molecule has 8 nitrogen and oxygen atoms in total. The predicted octanol–water partition coefficient (Wildman–Crippen LogP) is 2.09. The maximum atomic E-state index is 12.0. The van der Waals surface area contributed by atoms with Crippen LogP contribution in [0.1, 0.15) is 15.9 Å². The Morgan fingerprint density at radius 1 is 1.22 bits per heavy atom. The van der Waals surface area contributed by atoms with Gasteiger partial charge in [-0.05, 0) is 29.8 Å². The number of para-hydroxylation sites is 1. The quantitative estimate of drug-likeness (QED) is 0.529. The number of ether oxygens (including phenoxy) is 2. The first-order valence-electron chi connectivity index (χ1n) is 6.61. The molecule has 3 rings (SSSR count). The Labute approximate surface area is 130 Å². The van der Waals surface area contributed by atoms with E-state index >= 15 is 0 Å². The second-order valence-corrected chi connectivity index (χ2v) is 4.59. The molecule has 1 amide bonds. The molecule has 0 atom stereocenters. The highest BCUT2D eigenvalue weighted by molar-refractivity contribution is 5.98. The van der Waals surface area contributed by atoms with Crippen molar-refractivity contribution in [3.63, 3.8) is 0 Å². The fourth-order valence-electron chi connectivity index (χ4n) is 2.04. The molecule has 0 fully saturated rings. The summed E-state index contributed by atoms with van der Waals surface area (Å²) < 4.78 is 10.4. The van der Waals surface area contributed by atoms with Crippen molar-refractivity contribution in [3.05, 3.63) is 63.7 Å². The molecule has 1 heterocycles. The lowest BCUT2D eigenvalue weighted by molar-refractivity contribution is -0.385. The topological polar surface area (TPSA) is 103 Å². The maximum absolute atomic E-state index is 12.0. The van der Waals surface area contributed by atoms with Gasteiger partial charge in [0.25, 0.3) is 11.6 Å². The first-order valence-corrected chi connectivity index (χ1v) is 6.61. The van der Waals surface area contributed by atoms with Gasteiger partial charge in [0.1, 0.15) is 5.56 Å². The number of nitrogens with one attached hydrogen (secondary N) is 1. The van der Waals surface area contributed by atoms with Crippen molar-refractivity contribution < 1.29 is 19.2 Å². The molecule has 0 unspecified atom stereocenters. The highest BCUT2D eigenvalue weighted by Crippen LogP contribution is 2.31. The van der Waals surface area contributed by atoms with E-state index in [-0.39, 0.29) is 18.0 Å². The Balaban J connectivity index is 1.71. The fraction of sp³-hybridized carbons (Fsp3) is 0.0667. The molecular weight excluding hydrogens is 302 g/mol. The van der Waals surface area contributed by atoms with Crippen LogP contribution < -0.4 is 14.9 Å². The number of fused-ring (bicyclic) bond motifs is 1. The minimum Gasteiger partial charge on any atom is -0.454 e. The van der Waals surface area contributed by atoms with Crippen molar-refractivity contribution in [2.45, 2.75) is 0 Å². The van der Waals surface area contributed by atoms with Crippen LogP contribution in [0.5, 0.6) is 11.5 Å². The number of benzene rings is 2. The van der Waals surface area contributed by atoms with Gasteiger partial charge >= 0.3 is 0 Å². The van der Waals surface area contributed by atoms with Gasteiger partial charge in [0.15, 0.2) is 11.5 Å². The molecule has 2 aromatic carbocycles. The molecule has 116 valence electrons. The van der Waals surface area contributed by atoms with Crippen molar-refractivity contribution in [2.75, 3.05) is 6.79 Å². The van der Waals surface area contributed by atoms with E-state index in [9.17, 15) is 14.9 Å². The summed E-state index contributed by atoms with van der Waals surface area (Å²) in [5.41, 5.74) is 2.63. The average Bonchev–Trinajstić information content (AvgIpc) is 3.02. The van der Waals surface area contributed by atoms with Crippen LogP contribution in [0.25, 0.3) is 0 Å². The number of carbonyl (C=O) groups is 1. The van der Waals surface area contributed by atoms with Gasteiger partial charge in [0.2, 0.25) is 6.79 Å². The lowest BCUT2D eigenvalue weighted by atomic mass is 10.2. The minimum absolute atomic E-state index is 0.0552. The van der Waals surface area contributed by atoms with Crippen molar-refractivity contribution in [3.8, 4) is 11.5 Å². The van der Waals surface area contributed by atoms with Crippen LogP contribution in [0.2, 0.25) is 0 Å². The minimum atomic E-state index is -0.658. The Morgan fingerprint density at radius 2 is 2.00 bits per heavy atom. The third-order valence-corrected chi connectivity index (χ3v) is 3.12. The summed E-state index contributed by atoms with van der Waals surface area (Å²) in [5.74, 6) is 0.583. The van der Waals surface area contributed by atoms with Crippen molar-refractivity contribution in [1.82, 2.24) is 5.43 Å². The molecule has 8 heteroatoms. The van der Waals surface area contributed by atoms with Crippen LogP contribution in [0.15, 0.2) is 47.6 Å². The normalized spacial score (nSPS) is 12.3. The second kappa shape index (κ2) is 6.14. The third-order valence-electron chi connectivity index (χ3n) is 3.12. The average molecular weight is 313 g/mol. The van der Waals surface area contributed by atoms with Crippen molar-refractivity contribution >= 4 is 17.8 Å². The van der Waals surface area contributed by atoms with Gasteiger partial charge in [0.05, 0.1) is 11.1 Å². The number of nitrogens with zero attached hydrogens (tertiary/aromatic N) is 2. The molecule has 1 aliphatic rings. The number of rotatable bonds is 4. The lowest BCUT2D eigenvalue weighted by Gasteiger charge is -2.01. The highest BCUT2D eigenvalue weighted by Gasteiger charge is 2.18. The summed E-state index contributed by atoms with van der Waals surface area (Å²) in [6, 6.07) is 10.8. The zero-order chi connectivity index (χ0) is 16.2. The van der Waals surface area contributed by atoms with Gasteiger partial charge in [-0.15, -0.1) is 0 Å². The van der Waals surface area contributed by atoms with Gasteiger partial charge < -0.3 is 9.47 Å². The molecule has 2 aromatic rings. The second-order valence-electron chi connectivity index (χ2n) is 4.59. The van der Waals surface area contributed by atoms with Crippen LogP contribution in [-0.4, -0.2) is 23.8 Å². The summed E-state index contributed by atoms with van der Waals surface area (Å²) in [5, 5.41) is 14.7. The molecule has 0 bridgehead atoms. The molecule has 0 saturated heterocycles. The Bertz CT molecular complexity index is 803. The van der Waals surface area contributed by atoms with Gasteiger partial charge in [-0.2, -0.15) is 5.10 Å². The van der Waals surface area contributed by atoms with Crippen LogP contribution >= 0.6 is 0 Å². The molecule has 1 N–H and O–H groups in total. The fourth-order valence-corrected chi connectivity index (χ4v) is 2.04. The van der Waals surface area contributed by atoms with E-state index in [2.05, 4.69) is 10.5 Å². The molecule has 23 heavy (non-hydrogen) atoms. The van der Waals surface area contributed by atoms with Crippen LogP contribution in [0.3, 0.4) is 0 Å². The maximum Gasteiger partial charge on any atom is 0.282 e. The largest absolute Gasteiger partial charge is 0.454 e. The van der Waals surface area contributed by atoms with Gasteiger partial charge in [0, 0.05) is 6.07 Å². The number of amides is 1. The van der Waals surface area contributed by atoms with E-state index in [1.54, 1.807) is 24.3 Å². The lowest BCUT2D eigenvalue weighted by Crippen LogP contribution is -2.18. The molecule has 0 saturated carbocycles. The molecular formula is C15H11N3O5. The molecule has 0 aliphatic carbocycles. The zero-order valence-corrected chi connectivity index (χ0v) is 11.8. The predicted molar refractivity (Wildman–Crippen MR) is 80.7 cm³/mol. The highest BCUT2D eigenvalue weighted by atomic mass is 16.7. The number of hydrogen-bond acceptors (Lipinski definition) is 6. The molecule has 0 aromatic heterocycles. The van der Waals surface area contributed by atoms with E-state index in [1.807, 2.05) is 0 Å². The first kappa shape index (κ1) is 14.5. The van der Waals surface area contributed by atoms with Crippen LogP contribution in [0.4, 0.5) is 5.69 Å². The summed E-state index contributed by atoms with van der Waals surface area (Å²) >= 11 is 0. The molecule has 0 spiro atoms. The van der Waals surface area contributed by atoms with Crippen LogP contribution in [-0.2, 0) is 0 Å². The summed E-state index contributed by atoms with van der Waals surface area (Å²) in [7, 11) is 0. The van der Waals surface area contributed by atoms with E-state index in [4.69, 9.17) is 9.47 Å².